The van der Waals surface area contributed by atoms with E-state index in [9.17, 15) is 22.7 Å². The summed E-state index contributed by atoms with van der Waals surface area (Å²) in [6.07, 6.45) is -0.909. The van der Waals surface area contributed by atoms with E-state index in [0.717, 1.165) is 17.7 Å². The fourth-order valence-corrected chi connectivity index (χ4v) is 4.52. The van der Waals surface area contributed by atoms with Crippen molar-refractivity contribution in [3.8, 4) is 5.75 Å². The maximum absolute atomic E-state index is 13.1. The van der Waals surface area contributed by atoms with E-state index in [1.165, 1.54) is 12.1 Å². The molecular formula is C20H23FN2O5S. The fraction of sp³-hybridized carbons (Fsp3) is 0.350. The molecule has 0 bridgehead atoms. The van der Waals surface area contributed by atoms with Gasteiger partial charge in [-0.2, -0.15) is 0 Å². The summed E-state index contributed by atoms with van der Waals surface area (Å²) in [6, 6.07) is 9.40. The lowest BCUT2D eigenvalue weighted by molar-refractivity contribution is -0.126. The van der Waals surface area contributed by atoms with Gasteiger partial charge in [0.05, 0.1) is 4.90 Å². The second-order valence-electron chi connectivity index (χ2n) is 7.67. The minimum atomic E-state index is -3.81. The van der Waals surface area contributed by atoms with Crippen LogP contribution in [0.2, 0.25) is 0 Å². The molecule has 7 nitrogen and oxygen atoms in total. The lowest BCUT2D eigenvalue weighted by atomic mass is 9.84. The molecule has 1 heterocycles. The zero-order valence-electron chi connectivity index (χ0n) is 16.1. The normalized spacial score (nSPS) is 19.1. The van der Waals surface area contributed by atoms with Crippen molar-refractivity contribution in [1.82, 2.24) is 4.72 Å². The maximum atomic E-state index is 13.1. The molecular weight excluding hydrogens is 399 g/mol. The predicted octanol–water partition coefficient (Wildman–Crippen LogP) is 1.97. The highest BCUT2D eigenvalue weighted by atomic mass is 32.2. The van der Waals surface area contributed by atoms with Crippen LogP contribution in [0.15, 0.2) is 47.4 Å². The molecule has 1 amide bonds. The van der Waals surface area contributed by atoms with Crippen LogP contribution in [0.4, 0.5) is 4.39 Å². The lowest BCUT2D eigenvalue weighted by Gasteiger charge is -2.38. The fourth-order valence-electron chi connectivity index (χ4n) is 3.44. The molecule has 0 aliphatic carbocycles. The van der Waals surface area contributed by atoms with Gasteiger partial charge < -0.3 is 15.6 Å². The maximum Gasteiger partial charge on any atom is 0.250 e. The van der Waals surface area contributed by atoms with Crippen molar-refractivity contribution in [2.45, 2.75) is 42.8 Å². The van der Waals surface area contributed by atoms with Crippen LogP contribution in [0.3, 0.4) is 0 Å². The van der Waals surface area contributed by atoms with Crippen LogP contribution in [0.25, 0.3) is 0 Å². The average Bonchev–Trinajstić information content (AvgIpc) is 2.64. The minimum Gasteiger partial charge on any atom is -0.488 e. The molecule has 29 heavy (non-hydrogen) atoms. The number of aliphatic hydroxyl groups is 1. The zero-order valence-corrected chi connectivity index (χ0v) is 16.9. The van der Waals surface area contributed by atoms with E-state index in [-0.39, 0.29) is 17.4 Å². The second kappa shape index (κ2) is 7.74. The standard InChI is InChI=1S/C20H23FN2O5S/c1-20(2)10-13(11-23-29(26,27)15-6-4-14(21)5-7-15)16-8-3-12(9-17(16)28-20)18(24)19(22)25/h3-9,13,18,23-24H,10-11H2,1-2H3,(H2,22,25). The van der Waals surface area contributed by atoms with Gasteiger partial charge in [-0.15, -0.1) is 0 Å². The molecule has 1 aliphatic heterocycles. The zero-order chi connectivity index (χ0) is 21.4. The highest BCUT2D eigenvalue weighted by Crippen LogP contribution is 2.41. The average molecular weight is 422 g/mol. The highest BCUT2D eigenvalue weighted by Gasteiger charge is 2.35. The number of fused-ring (bicyclic) bond motifs is 1. The van der Waals surface area contributed by atoms with Crippen LogP contribution < -0.4 is 15.2 Å². The molecule has 156 valence electrons. The molecule has 3 rings (SSSR count). The van der Waals surface area contributed by atoms with E-state index in [1.54, 1.807) is 18.2 Å². The smallest absolute Gasteiger partial charge is 0.250 e. The number of ether oxygens (including phenoxy) is 1. The number of rotatable bonds is 6. The van der Waals surface area contributed by atoms with Crippen LogP contribution in [0.5, 0.6) is 5.75 Å². The number of carbonyl (C=O) groups is 1. The number of hydrogen-bond acceptors (Lipinski definition) is 5. The SMILES string of the molecule is CC1(C)CC(CNS(=O)(=O)c2ccc(F)cc2)c2ccc(C(O)C(N)=O)cc2O1. The molecule has 2 atom stereocenters. The van der Waals surface area contributed by atoms with Gasteiger partial charge in [0.2, 0.25) is 10.0 Å². The first-order valence-electron chi connectivity index (χ1n) is 9.04. The van der Waals surface area contributed by atoms with Crippen molar-refractivity contribution < 1.29 is 27.4 Å². The topological polar surface area (TPSA) is 119 Å². The van der Waals surface area contributed by atoms with Crippen LogP contribution >= 0.6 is 0 Å². The summed E-state index contributed by atoms with van der Waals surface area (Å²) in [6.45, 7) is 3.85. The summed E-state index contributed by atoms with van der Waals surface area (Å²) < 4.78 is 46.7. The molecule has 0 fully saturated rings. The third-order valence-corrected chi connectivity index (χ3v) is 6.27. The van der Waals surface area contributed by atoms with Gasteiger partial charge in [-0.1, -0.05) is 12.1 Å². The first kappa shape index (κ1) is 21.2. The Bertz CT molecular complexity index is 1020. The molecule has 0 saturated heterocycles. The molecule has 0 spiro atoms. The van der Waals surface area contributed by atoms with Crippen molar-refractivity contribution in [2.75, 3.05) is 6.54 Å². The lowest BCUT2D eigenvalue weighted by Crippen LogP contribution is -2.39. The summed E-state index contributed by atoms with van der Waals surface area (Å²) in [5, 5.41) is 9.90. The third-order valence-electron chi connectivity index (χ3n) is 4.83. The van der Waals surface area contributed by atoms with Gasteiger partial charge in [0, 0.05) is 12.5 Å². The Balaban J connectivity index is 1.85. The minimum absolute atomic E-state index is 0.0228. The van der Waals surface area contributed by atoms with Crippen molar-refractivity contribution in [1.29, 1.82) is 0 Å². The molecule has 0 saturated carbocycles. The third kappa shape index (κ3) is 4.75. The number of sulfonamides is 1. The summed E-state index contributed by atoms with van der Waals surface area (Å²) in [5.74, 6) is -1.13. The van der Waals surface area contributed by atoms with Crippen LogP contribution in [-0.4, -0.2) is 31.6 Å². The summed E-state index contributed by atoms with van der Waals surface area (Å²) in [5.41, 5.74) is 5.63. The highest BCUT2D eigenvalue weighted by molar-refractivity contribution is 7.89. The Morgan fingerprint density at radius 1 is 1.31 bits per heavy atom. The molecule has 2 unspecified atom stereocenters. The number of hydrogen-bond donors (Lipinski definition) is 3. The summed E-state index contributed by atoms with van der Waals surface area (Å²) >= 11 is 0. The summed E-state index contributed by atoms with van der Waals surface area (Å²) in [7, 11) is -3.81. The number of halogens is 1. The van der Waals surface area contributed by atoms with Gasteiger partial charge in [0.1, 0.15) is 17.2 Å². The first-order chi connectivity index (χ1) is 13.5. The van der Waals surface area contributed by atoms with Crippen molar-refractivity contribution in [3.63, 3.8) is 0 Å². The number of nitrogens with one attached hydrogen (secondary N) is 1. The van der Waals surface area contributed by atoms with Crippen LogP contribution in [0, 0.1) is 5.82 Å². The summed E-state index contributed by atoms with van der Waals surface area (Å²) in [4.78, 5) is 11.2. The Labute approximate surface area is 168 Å². The van der Waals surface area contributed by atoms with Gasteiger partial charge in [0.25, 0.3) is 5.91 Å². The van der Waals surface area contributed by atoms with E-state index in [2.05, 4.69) is 4.72 Å². The molecule has 0 radical (unpaired) electrons. The molecule has 4 N–H and O–H groups in total. The van der Waals surface area contributed by atoms with Gasteiger partial charge >= 0.3 is 0 Å². The molecule has 9 heteroatoms. The molecule has 2 aromatic carbocycles. The van der Waals surface area contributed by atoms with E-state index < -0.39 is 33.5 Å². The van der Waals surface area contributed by atoms with E-state index >= 15 is 0 Å². The molecule has 0 aromatic heterocycles. The van der Waals surface area contributed by atoms with E-state index in [4.69, 9.17) is 10.5 Å². The Morgan fingerprint density at radius 2 is 1.97 bits per heavy atom. The quantitative estimate of drug-likeness (QED) is 0.658. The van der Waals surface area contributed by atoms with Gasteiger partial charge in [-0.05, 0) is 61.7 Å². The van der Waals surface area contributed by atoms with Crippen molar-refractivity contribution >= 4 is 15.9 Å². The number of aliphatic hydroxyl groups excluding tert-OH is 1. The van der Waals surface area contributed by atoms with Gasteiger partial charge in [-0.25, -0.2) is 17.5 Å². The largest absolute Gasteiger partial charge is 0.488 e. The van der Waals surface area contributed by atoms with Crippen molar-refractivity contribution in [2.24, 2.45) is 5.73 Å². The van der Waals surface area contributed by atoms with Crippen LogP contribution in [0.1, 0.15) is 43.4 Å². The Hall–Kier alpha value is -2.49. The predicted molar refractivity (Wildman–Crippen MR) is 104 cm³/mol. The number of carbonyl (C=O) groups excluding carboxylic acids is 1. The Morgan fingerprint density at radius 3 is 2.59 bits per heavy atom. The van der Waals surface area contributed by atoms with E-state index in [1.807, 2.05) is 13.8 Å². The number of primary amides is 1. The van der Waals surface area contributed by atoms with Crippen molar-refractivity contribution in [3.05, 3.63) is 59.4 Å². The van der Waals surface area contributed by atoms with E-state index in [0.29, 0.717) is 17.7 Å². The number of benzene rings is 2. The molecule has 2 aromatic rings. The van der Waals surface area contributed by atoms with Gasteiger partial charge in [-0.3, -0.25) is 4.79 Å². The Kier molecular flexibility index (Phi) is 5.66. The first-order valence-corrected chi connectivity index (χ1v) is 10.5. The van der Waals surface area contributed by atoms with Gasteiger partial charge in [0.15, 0.2) is 6.10 Å². The number of amides is 1. The number of nitrogens with two attached hydrogens (primary N) is 1. The second-order valence-corrected chi connectivity index (χ2v) is 9.44. The van der Waals surface area contributed by atoms with Crippen LogP contribution in [-0.2, 0) is 14.8 Å². The molecule has 1 aliphatic rings. The monoisotopic (exact) mass is 422 g/mol.